The van der Waals surface area contributed by atoms with Crippen molar-refractivity contribution in [3.05, 3.63) is 35.0 Å². The van der Waals surface area contributed by atoms with E-state index >= 15 is 0 Å². The second kappa shape index (κ2) is 4.69. The van der Waals surface area contributed by atoms with Gasteiger partial charge in [-0.1, -0.05) is 17.7 Å². The van der Waals surface area contributed by atoms with Crippen LogP contribution in [0.4, 0.5) is 0 Å². The minimum Gasteiger partial charge on any atom is -0.464 e. The van der Waals surface area contributed by atoms with Crippen molar-refractivity contribution < 1.29 is 4.42 Å². The van der Waals surface area contributed by atoms with Gasteiger partial charge in [-0.05, 0) is 43.5 Å². The number of hydrogen-bond donors (Lipinski definition) is 1. The Hall–Kier alpha value is -0.990. The third kappa shape index (κ3) is 2.16. The molecule has 0 unspecified atom stereocenters. The normalized spacial score (nSPS) is 11.1. The molecule has 0 radical (unpaired) electrons. The standard InChI is InChI=1S/C12H14ClNO/c13-12-9(3-1-2-7-14)4-5-11-10(12)6-8-15-11/h4-6,8H,1-3,7,14H2. The van der Waals surface area contributed by atoms with Crippen LogP contribution < -0.4 is 5.73 Å². The molecule has 2 aromatic rings. The van der Waals surface area contributed by atoms with Crippen LogP contribution in [0, 0.1) is 0 Å². The molecule has 0 saturated carbocycles. The van der Waals surface area contributed by atoms with Crippen molar-refractivity contribution in [3.8, 4) is 0 Å². The summed E-state index contributed by atoms with van der Waals surface area (Å²) in [6.45, 7) is 0.742. The second-order valence-corrected chi connectivity index (χ2v) is 3.99. The van der Waals surface area contributed by atoms with E-state index in [0.29, 0.717) is 0 Å². The molecule has 2 nitrogen and oxygen atoms in total. The van der Waals surface area contributed by atoms with Crippen LogP contribution in [-0.4, -0.2) is 6.54 Å². The maximum absolute atomic E-state index is 6.27. The zero-order valence-corrected chi connectivity index (χ0v) is 9.26. The number of unbranched alkanes of at least 4 members (excludes halogenated alkanes) is 1. The minimum absolute atomic E-state index is 0.742. The highest BCUT2D eigenvalue weighted by atomic mass is 35.5. The van der Waals surface area contributed by atoms with Gasteiger partial charge in [-0.25, -0.2) is 0 Å². The Balaban J connectivity index is 2.23. The molecule has 0 fully saturated rings. The molecule has 0 saturated heterocycles. The molecule has 1 aromatic carbocycles. The molecule has 0 aliphatic rings. The molecule has 0 spiro atoms. The maximum Gasteiger partial charge on any atom is 0.135 e. The van der Waals surface area contributed by atoms with Crippen molar-refractivity contribution in [2.24, 2.45) is 5.73 Å². The largest absolute Gasteiger partial charge is 0.464 e. The average Bonchev–Trinajstić information content (AvgIpc) is 2.70. The average molecular weight is 224 g/mol. The molecule has 3 heteroatoms. The summed E-state index contributed by atoms with van der Waals surface area (Å²) in [6, 6.07) is 5.91. The lowest BCUT2D eigenvalue weighted by Gasteiger charge is -2.04. The lowest BCUT2D eigenvalue weighted by Crippen LogP contribution is -1.99. The smallest absolute Gasteiger partial charge is 0.135 e. The van der Waals surface area contributed by atoms with E-state index in [2.05, 4.69) is 0 Å². The summed E-state index contributed by atoms with van der Waals surface area (Å²) in [5, 5.41) is 1.82. The Morgan fingerprint density at radius 3 is 2.87 bits per heavy atom. The highest BCUT2D eigenvalue weighted by molar-refractivity contribution is 6.36. The van der Waals surface area contributed by atoms with Gasteiger partial charge in [0, 0.05) is 5.39 Å². The topological polar surface area (TPSA) is 39.2 Å². The first-order valence-corrected chi connectivity index (χ1v) is 5.55. The van der Waals surface area contributed by atoms with Crippen molar-refractivity contribution in [1.82, 2.24) is 0 Å². The number of benzene rings is 1. The van der Waals surface area contributed by atoms with Crippen LogP contribution in [0.25, 0.3) is 11.0 Å². The zero-order chi connectivity index (χ0) is 10.7. The van der Waals surface area contributed by atoms with Crippen LogP contribution in [0.1, 0.15) is 18.4 Å². The first-order chi connectivity index (χ1) is 7.33. The molecule has 0 amide bonds. The fourth-order valence-electron chi connectivity index (χ4n) is 1.71. The molecule has 1 heterocycles. The monoisotopic (exact) mass is 223 g/mol. The van der Waals surface area contributed by atoms with Gasteiger partial charge in [-0.15, -0.1) is 0 Å². The van der Waals surface area contributed by atoms with Crippen molar-refractivity contribution in [2.75, 3.05) is 6.54 Å². The molecule has 80 valence electrons. The van der Waals surface area contributed by atoms with Crippen LogP contribution >= 0.6 is 11.6 Å². The molecule has 15 heavy (non-hydrogen) atoms. The Morgan fingerprint density at radius 1 is 1.20 bits per heavy atom. The number of rotatable bonds is 4. The van der Waals surface area contributed by atoms with Crippen LogP contribution in [0.2, 0.25) is 5.02 Å². The van der Waals surface area contributed by atoms with Gasteiger partial charge in [0.15, 0.2) is 0 Å². The molecule has 2 rings (SSSR count). The number of fused-ring (bicyclic) bond motifs is 1. The third-order valence-corrected chi connectivity index (χ3v) is 3.00. The van der Waals surface area contributed by atoms with Gasteiger partial charge in [0.25, 0.3) is 0 Å². The van der Waals surface area contributed by atoms with E-state index in [0.717, 1.165) is 41.8 Å². The fourth-order valence-corrected chi connectivity index (χ4v) is 2.02. The van der Waals surface area contributed by atoms with Crippen LogP contribution in [0.15, 0.2) is 28.9 Å². The number of halogens is 1. The predicted octanol–water partition coefficient (Wildman–Crippen LogP) is 3.37. The lowest BCUT2D eigenvalue weighted by atomic mass is 10.1. The molecule has 0 aliphatic carbocycles. The Labute approximate surface area is 94.0 Å². The van der Waals surface area contributed by atoms with E-state index in [1.165, 1.54) is 5.56 Å². The van der Waals surface area contributed by atoms with E-state index in [1.807, 2.05) is 18.2 Å². The van der Waals surface area contributed by atoms with Gasteiger partial charge in [-0.3, -0.25) is 0 Å². The summed E-state index contributed by atoms with van der Waals surface area (Å²) in [5.74, 6) is 0. The molecule has 1 aromatic heterocycles. The number of nitrogens with two attached hydrogens (primary N) is 1. The highest BCUT2D eigenvalue weighted by Crippen LogP contribution is 2.28. The Bertz CT molecular complexity index is 450. The summed E-state index contributed by atoms with van der Waals surface area (Å²) in [5.41, 5.74) is 7.49. The lowest BCUT2D eigenvalue weighted by molar-refractivity contribution is 0.615. The summed E-state index contributed by atoms with van der Waals surface area (Å²) in [4.78, 5) is 0. The molecule has 2 N–H and O–H groups in total. The van der Waals surface area contributed by atoms with Gasteiger partial charge >= 0.3 is 0 Å². The molecule has 0 bridgehead atoms. The zero-order valence-electron chi connectivity index (χ0n) is 8.50. The van der Waals surface area contributed by atoms with E-state index in [9.17, 15) is 0 Å². The Kier molecular flexibility index (Phi) is 3.29. The van der Waals surface area contributed by atoms with Gasteiger partial charge in [-0.2, -0.15) is 0 Å². The van der Waals surface area contributed by atoms with E-state index in [1.54, 1.807) is 6.26 Å². The first-order valence-electron chi connectivity index (χ1n) is 5.17. The maximum atomic E-state index is 6.27. The van der Waals surface area contributed by atoms with Gasteiger partial charge in [0.05, 0.1) is 11.3 Å². The minimum atomic E-state index is 0.742. The summed E-state index contributed by atoms with van der Waals surface area (Å²) in [6.07, 6.45) is 4.77. The SMILES string of the molecule is NCCCCc1ccc2occc2c1Cl. The molecule has 0 aliphatic heterocycles. The molecular weight excluding hydrogens is 210 g/mol. The van der Waals surface area contributed by atoms with Gasteiger partial charge in [0.1, 0.15) is 5.58 Å². The number of furan rings is 1. The second-order valence-electron chi connectivity index (χ2n) is 3.62. The van der Waals surface area contributed by atoms with Gasteiger partial charge < -0.3 is 10.2 Å². The quantitative estimate of drug-likeness (QED) is 0.808. The Morgan fingerprint density at radius 2 is 2.07 bits per heavy atom. The van der Waals surface area contributed by atoms with E-state index < -0.39 is 0 Å². The van der Waals surface area contributed by atoms with Crippen molar-refractivity contribution in [2.45, 2.75) is 19.3 Å². The first kappa shape index (κ1) is 10.5. The highest BCUT2D eigenvalue weighted by Gasteiger charge is 2.06. The van der Waals surface area contributed by atoms with Gasteiger partial charge in [0.2, 0.25) is 0 Å². The van der Waals surface area contributed by atoms with E-state index in [-0.39, 0.29) is 0 Å². The van der Waals surface area contributed by atoms with Crippen LogP contribution in [-0.2, 0) is 6.42 Å². The summed E-state index contributed by atoms with van der Waals surface area (Å²) >= 11 is 6.27. The van der Waals surface area contributed by atoms with Crippen LogP contribution in [0.3, 0.4) is 0 Å². The van der Waals surface area contributed by atoms with Crippen molar-refractivity contribution >= 4 is 22.6 Å². The predicted molar refractivity (Wildman–Crippen MR) is 63.2 cm³/mol. The number of hydrogen-bond acceptors (Lipinski definition) is 2. The molecular formula is C12H14ClNO. The summed E-state index contributed by atoms with van der Waals surface area (Å²) < 4.78 is 5.27. The van der Waals surface area contributed by atoms with E-state index in [4.69, 9.17) is 21.8 Å². The fraction of sp³-hybridized carbons (Fsp3) is 0.333. The van der Waals surface area contributed by atoms with Crippen molar-refractivity contribution in [1.29, 1.82) is 0 Å². The summed E-state index contributed by atoms with van der Waals surface area (Å²) in [7, 11) is 0. The third-order valence-electron chi connectivity index (χ3n) is 2.55. The molecule has 0 atom stereocenters. The number of aryl methyl sites for hydroxylation is 1. The van der Waals surface area contributed by atoms with Crippen molar-refractivity contribution in [3.63, 3.8) is 0 Å². The van der Waals surface area contributed by atoms with Crippen LogP contribution in [0.5, 0.6) is 0 Å².